The fraction of sp³-hybridized carbons (Fsp3) is 0.417. The minimum Gasteiger partial charge on any atom is -0.396 e. The Morgan fingerprint density at radius 3 is 2.53 bits per heavy atom. The molecule has 0 aliphatic heterocycles. The SMILES string of the molecule is CCc1ccc(C(=O)CSCCO)cc1. The second-order valence-corrected chi connectivity index (χ2v) is 4.36. The minimum atomic E-state index is 0.132. The van der Waals surface area contributed by atoms with Crippen LogP contribution in [0.4, 0.5) is 0 Å². The van der Waals surface area contributed by atoms with Crippen molar-refractivity contribution in [3.8, 4) is 0 Å². The van der Waals surface area contributed by atoms with E-state index in [2.05, 4.69) is 6.92 Å². The van der Waals surface area contributed by atoms with Crippen molar-refractivity contribution in [2.75, 3.05) is 18.1 Å². The van der Waals surface area contributed by atoms with Gasteiger partial charge in [0.05, 0.1) is 12.4 Å². The fourth-order valence-electron chi connectivity index (χ4n) is 1.24. The van der Waals surface area contributed by atoms with E-state index in [9.17, 15) is 4.79 Å². The molecule has 0 aliphatic rings. The molecule has 1 aromatic rings. The van der Waals surface area contributed by atoms with Crippen LogP contribution in [-0.2, 0) is 6.42 Å². The molecule has 0 aliphatic carbocycles. The van der Waals surface area contributed by atoms with E-state index < -0.39 is 0 Å². The topological polar surface area (TPSA) is 37.3 Å². The smallest absolute Gasteiger partial charge is 0.172 e. The molecule has 2 nitrogen and oxygen atoms in total. The Labute approximate surface area is 94.7 Å². The summed E-state index contributed by atoms with van der Waals surface area (Å²) in [6.45, 7) is 2.22. The summed E-state index contributed by atoms with van der Waals surface area (Å²) in [7, 11) is 0. The number of hydrogen-bond donors (Lipinski definition) is 1. The first-order chi connectivity index (χ1) is 7.27. The molecule has 0 bridgehead atoms. The maximum absolute atomic E-state index is 11.6. The van der Waals surface area contributed by atoms with Gasteiger partial charge in [-0.1, -0.05) is 31.2 Å². The van der Waals surface area contributed by atoms with Crippen LogP contribution < -0.4 is 0 Å². The van der Waals surface area contributed by atoms with Crippen LogP contribution in [0.5, 0.6) is 0 Å². The van der Waals surface area contributed by atoms with Gasteiger partial charge in [0.15, 0.2) is 5.78 Å². The van der Waals surface area contributed by atoms with E-state index in [1.54, 1.807) is 0 Å². The minimum absolute atomic E-state index is 0.132. The average Bonchev–Trinajstić information content (AvgIpc) is 2.29. The lowest BCUT2D eigenvalue weighted by Crippen LogP contribution is -2.03. The zero-order valence-electron chi connectivity index (χ0n) is 8.90. The second-order valence-electron chi connectivity index (χ2n) is 3.25. The van der Waals surface area contributed by atoms with Crippen LogP contribution in [0.1, 0.15) is 22.8 Å². The van der Waals surface area contributed by atoms with Crippen LogP contribution in [0, 0.1) is 0 Å². The van der Waals surface area contributed by atoms with E-state index in [1.807, 2.05) is 24.3 Å². The van der Waals surface area contributed by atoms with Gasteiger partial charge in [0.25, 0.3) is 0 Å². The molecule has 1 rings (SSSR count). The van der Waals surface area contributed by atoms with E-state index in [4.69, 9.17) is 5.11 Å². The number of aliphatic hydroxyl groups is 1. The highest BCUT2D eigenvalue weighted by atomic mass is 32.2. The molecule has 15 heavy (non-hydrogen) atoms. The predicted octanol–water partition coefficient (Wildman–Crippen LogP) is 2.16. The zero-order chi connectivity index (χ0) is 11.1. The Kier molecular flexibility index (Phi) is 5.43. The summed E-state index contributed by atoms with van der Waals surface area (Å²) in [6, 6.07) is 7.73. The van der Waals surface area contributed by atoms with Crippen LogP contribution in [0.3, 0.4) is 0 Å². The molecule has 3 heteroatoms. The Morgan fingerprint density at radius 1 is 1.33 bits per heavy atom. The summed E-state index contributed by atoms with van der Waals surface area (Å²) >= 11 is 1.47. The Morgan fingerprint density at radius 2 is 2.00 bits per heavy atom. The highest BCUT2D eigenvalue weighted by Crippen LogP contribution is 2.09. The highest BCUT2D eigenvalue weighted by molar-refractivity contribution is 8.00. The summed E-state index contributed by atoms with van der Waals surface area (Å²) in [5, 5.41) is 8.59. The molecular formula is C12H16O2S. The fourth-order valence-corrected chi connectivity index (χ4v) is 1.86. The number of carbonyl (C=O) groups is 1. The molecule has 0 spiro atoms. The molecule has 0 saturated heterocycles. The maximum Gasteiger partial charge on any atom is 0.172 e. The van der Waals surface area contributed by atoms with Crippen molar-refractivity contribution in [2.45, 2.75) is 13.3 Å². The van der Waals surface area contributed by atoms with E-state index in [0.717, 1.165) is 12.0 Å². The van der Waals surface area contributed by atoms with Crippen molar-refractivity contribution in [2.24, 2.45) is 0 Å². The Bertz CT molecular complexity index is 306. The number of aliphatic hydroxyl groups excluding tert-OH is 1. The molecule has 0 aromatic heterocycles. The van der Waals surface area contributed by atoms with Gasteiger partial charge in [-0.15, -0.1) is 0 Å². The van der Waals surface area contributed by atoms with Crippen LogP contribution in [0.15, 0.2) is 24.3 Å². The molecule has 1 aromatic carbocycles. The lowest BCUT2D eigenvalue weighted by molar-refractivity contribution is 0.102. The van der Waals surface area contributed by atoms with Gasteiger partial charge in [-0.25, -0.2) is 0 Å². The van der Waals surface area contributed by atoms with Crippen molar-refractivity contribution in [1.82, 2.24) is 0 Å². The molecule has 0 fully saturated rings. The molecule has 0 heterocycles. The highest BCUT2D eigenvalue weighted by Gasteiger charge is 2.04. The lowest BCUT2D eigenvalue weighted by Gasteiger charge is -2.01. The van der Waals surface area contributed by atoms with Gasteiger partial charge < -0.3 is 5.11 Å². The first kappa shape index (κ1) is 12.3. The summed E-state index contributed by atoms with van der Waals surface area (Å²) in [4.78, 5) is 11.6. The summed E-state index contributed by atoms with van der Waals surface area (Å²) < 4.78 is 0. The van der Waals surface area contributed by atoms with E-state index in [1.165, 1.54) is 17.3 Å². The van der Waals surface area contributed by atoms with Crippen molar-refractivity contribution in [3.05, 3.63) is 35.4 Å². The Hall–Kier alpha value is -0.800. The number of benzene rings is 1. The number of rotatable bonds is 6. The second kappa shape index (κ2) is 6.64. The van der Waals surface area contributed by atoms with Gasteiger partial charge in [-0.2, -0.15) is 11.8 Å². The first-order valence-corrected chi connectivity index (χ1v) is 6.24. The lowest BCUT2D eigenvalue weighted by atomic mass is 10.1. The van der Waals surface area contributed by atoms with Crippen molar-refractivity contribution < 1.29 is 9.90 Å². The number of aryl methyl sites for hydroxylation is 1. The van der Waals surface area contributed by atoms with Gasteiger partial charge in [-0.3, -0.25) is 4.79 Å². The van der Waals surface area contributed by atoms with Gasteiger partial charge in [-0.05, 0) is 12.0 Å². The molecule has 0 amide bonds. The molecule has 0 atom stereocenters. The molecule has 82 valence electrons. The maximum atomic E-state index is 11.6. The third kappa shape index (κ3) is 4.06. The van der Waals surface area contributed by atoms with E-state index in [0.29, 0.717) is 11.5 Å². The van der Waals surface area contributed by atoms with Crippen LogP contribution in [0.2, 0.25) is 0 Å². The number of carbonyl (C=O) groups excluding carboxylic acids is 1. The summed E-state index contributed by atoms with van der Waals surface area (Å²) in [6.07, 6.45) is 0.994. The average molecular weight is 224 g/mol. The third-order valence-corrected chi connectivity index (χ3v) is 3.09. The van der Waals surface area contributed by atoms with Gasteiger partial charge in [0.2, 0.25) is 0 Å². The number of thioether (sulfide) groups is 1. The van der Waals surface area contributed by atoms with E-state index >= 15 is 0 Å². The Balaban J connectivity index is 2.50. The third-order valence-electron chi connectivity index (χ3n) is 2.15. The van der Waals surface area contributed by atoms with Crippen molar-refractivity contribution >= 4 is 17.5 Å². The monoisotopic (exact) mass is 224 g/mol. The number of Topliss-reactive ketones (excluding diaryl/α,β-unsaturated/α-hetero) is 1. The molecule has 0 saturated carbocycles. The van der Waals surface area contributed by atoms with Gasteiger partial charge in [0, 0.05) is 11.3 Å². The van der Waals surface area contributed by atoms with Gasteiger partial charge >= 0.3 is 0 Å². The van der Waals surface area contributed by atoms with Crippen molar-refractivity contribution in [1.29, 1.82) is 0 Å². The quantitative estimate of drug-likeness (QED) is 0.594. The van der Waals surface area contributed by atoms with Crippen LogP contribution in [-0.4, -0.2) is 29.0 Å². The summed E-state index contributed by atoms with van der Waals surface area (Å²) in [5.41, 5.74) is 2.01. The largest absolute Gasteiger partial charge is 0.396 e. The molecule has 0 radical (unpaired) electrons. The van der Waals surface area contributed by atoms with Crippen LogP contribution >= 0.6 is 11.8 Å². The molecule has 0 unspecified atom stereocenters. The first-order valence-electron chi connectivity index (χ1n) is 5.08. The number of ketones is 1. The predicted molar refractivity (Wildman–Crippen MR) is 64.6 cm³/mol. The summed E-state index contributed by atoms with van der Waals surface area (Å²) in [5.74, 6) is 1.21. The molecule has 1 N–H and O–H groups in total. The normalized spacial score (nSPS) is 10.3. The molecular weight excluding hydrogens is 208 g/mol. The van der Waals surface area contributed by atoms with E-state index in [-0.39, 0.29) is 12.4 Å². The zero-order valence-corrected chi connectivity index (χ0v) is 9.72. The standard InChI is InChI=1S/C12H16O2S/c1-2-10-3-5-11(6-4-10)12(14)9-15-8-7-13/h3-6,13H,2,7-9H2,1H3. The van der Waals surface area contributed by atoms with Gasteiger partial charge in [0.1, 0.15) is 0 Å². The van der Waals surface area contributed by atoms with Crippen molar-refractivity contribution in [3.63, 3.8) is 0 Å². The van der Waals surface area contributed by atoms with Crippen LogP contribution in [0.25, 0.3) is 0 Å². The number of hydrogen-bond acceptors (Lipinski definition) is 3.